The number of aromatic nitrogens is 1. The summed E-state index contributed by atoms with van der Waals surface area (Å²) in [4.78, 5) is 2.28. The first-order valence-electron chi connectivity index (χ1n) is 17.6. The van der Waals surface area contributed by atoms with Gasteiger partial charge >= 0.3 is 0 Å². The molecule has 0 unspecified atom stereocenters. The van der Waals surface area contributed by atoms with Gasteiger partial charge in [0.2, 0.25) is 0 Å². The number of rotatable bonds is 5. The fourth-order valence-corrected chi connectivity index (χ4v) is 7.96. The van der Waals surface area contributed by atoms with Gasteiger partial charge in [0.15, 0.2) is 0 Å². The Bertz CT molecular complexity index is 3020. The number of furan rings is 2. The van der Waals surface area contributed by atoms with Crippen LogP contribution in [0.25, 0.3) is 82.5 Å². The van der Waals surface area contributed by atoms with Crippen LogP contribution in [0.4, 0.5) is 17.1 Å². The molecule has 4 heteroatoms. The van der Waals surface area contributed by atoms with Crippen LogP contribution in [0.5, 0.6) is 0 Å². The van der Waals surface area contributed by atoms with Crippen LogP contribution in [0.1, 0.15) is 0 Å². The van der Waals surface area contributed by atoms with Gasteiger partial charge in [-0.2, -0.15) is 0 Å². The van der Waals surface area contributed by atoms with Crippen molar-refractivity contribution in [3.8, 4) is 16.8 Å². The van der Waals surface area contributed by atoms with E-state index < -0.39 is 0 Å². The molecule has 0 N–H and O–H groups in total. The number of hydrogen-bond donors (Lipinski definition) is 0. The van der Waals surface area contributed by atoms with E-state index in [0.29, 0.717) is 0 Å². The standard InChI is InChI=1S/C48H30N2O2/c1-2-10-33(11-3-1)50-43-15-7-4-12-37(43)38-25-20-32(28-44(38)50)31-18-21-34(22-19-31)49(35-23-26-41-39-13-5-8-16-45(39)51-47(41)29-35)36-24-27-42-40-14-6-9-17-46(40)52-48(42)30-36/h1-30H. The Morgan fingerprint density at radius 3 is 1.46 bits per heavy atom. The first kappa shape index (κ1) is 28.8. The molecule has 0 amide bonds. The highest BCUT2D eigenvalue weighted by atomic mass is 16.3. The maximum Gasteiger partial charge on any atom is 0.137 e. The molecule has 0 saturated heterocycles. The van der Waals surface area contributed by atoms with Crippen molar-refractivity contribution in [1.29, 1.82) is 0 Å². The van der Waals surface area contributed by atoms with E-state index in [-0.39, 0.29) is 0 Å². The third kappa shape index (κ3) is 4.41. The van der Waals surface area contributed by atoms with Crippen molar-refractivity contribution in [3.05, 3.63) is 182 Å². The van der Waals surface area contributed by atoms with Crippen molar-refractivity contribution < 1.29 is 8.83 Å². The lowest BCUT2D eigenvalue weighted by molar-refractivity contribution is 0.669. The first-order chi connectivity index (χ1) is 25.8. The average molecular weight is 667 g/mol. The Morgan fingerprint density at radius 1 is 0.327 bits per heavy atom. The third-order valence-corrected chi connectivity index (χ3v) is 10.4. The summed E-state index contributed by atoms with van der Waals surface area (Å²) in [6.45, 7) is 0. The van der Waals surface area contributed by atoms with Crippen molar-refractivity contribution in [1.82, 2.24) is 4.57 Å². The number of hydrogen-bond acceptors (Lipinski definition) is 3. The maximum atomic E-state index is 6.35. The minimum atomic E-state index is 0.854. The quantitative estimate of drug-likeness (QED) is 0.183. The van der Waals surface area contributed by atoms with Crippen LogP contribution >= 0.6 is 0 Å². The zero-order valence-electron chi connectivity index (χ0n) is 28.0. The predicted octanol–water partition coefficient (Wildman–Crippen LogP) is 13.7. The fourth-order valence-electron chi connectivity index (χ4n) is 7.96. The second-order valence-electron chi connectivity index (χ2n) is 13.4. The average Bonchev–Trinajstić information content (AvgIpc) is 3.87. The Balaban J connectivity index is 1.05. The van der Waals surface area contributed by atoms with Crippen molar-refractivity contribution in [2.24, 2.45) is 0 Å². The Morgan fingerprint density at radius 2 is 0.808 bits per heavy atom. The molecule has 4 nitrogen and oxygen atoms in total. The Labute approximate surface area is 299 Å². The van der Waals surface area contributed by atoms with Crippen LogP contribution in [0.15, 0.2) is 191 Å². The number of anilines is 3. The van der Waals surface area contributed by atoms with E-state index in [0.717, 1.165) is 77.8 Å². The molecule has 0 fully saturated rings. The molecule has 0 aliphatic rings. The predicted molar refractivity (Wildman–Crippen MR) is 215 cm³/mol. The second kappa shape index (κ2) is 11.2. The van der Waals surface area contributed by atoms with Crippen LogP contribution in [-0.4, -0.2) is 4.57 Å². The van der Waals surface area contributed by atoms with E-state index in [4.69, 9.17) is 8.83 Å². The van der Waals surface area contributed by atoms with E-state index in [1.165, 1.54) is 21.8 Å². The molecule has 0 atom stereocenters. The molecule has 3 aromatic heterocycles. The number of benzene rings is 8. The van der Waals surface area contributed by atoms with Gasteiger partial charge in [-0.25, -0.2) is 0 Å². The van der Waals surface area contributed by atoms with Crippen molar-refractivity contribution >= 4 is 82.7 Å². The smallest absolute Gasteiger partial charge is 0.137 e. The number of fused-ring (bicyclic) bond motifs is 9. The van der Waals surface area contributed by atoms with Crippen molar-refractivity contribution in [3.63, 3.8) is 0 Å². The van der Waals surface area contributed by atoms with Gasteiger partial charge in [-0.05, 0) is 83.9 Å². The van der Waals surface area contributed by atoms with Crippen molar-refractivity contribution in [2.75, 3.05) is 4.90 Å². The first-order valence-corrected chi connectivity index (χ1v) is 17.6. The third-order valence-electron chi connectivity index (χ3n) is 10.4. The number of nitrogens with zero attached hydrogens (tertiary/aromatic N) is 2. The number of para-hydroxylation sites is 4. The van der Waals surface area contributed by atoms with Gasteiger partial charge in [-0.3, -0.25) is 0 Å². The molecular formula is C48H30N2O2. The topological polar surface area (TPSA) is 34.5 Å². The van der Waals surface area contributed by atoms with Gasteiger partial charge in [0, 0.05) is 67.2 Å². The van der Waals surface area contributed by atoms with Gasteiger partial charge in [0.05, 0.1) is 11.0 Å². The molecule has 0 aliphatic heterocycles. The van der Waals surface area contributed by atoms with E-state index in [1.807, 2.05) is 24.3 Å². The summed E-state index contributed by atoms with van der Waals surface area (Å²) in [5.41, 5.74) is 12.4. The minimum Gasteiger partial charge on any atom is -0.456 e. The fraction of sp³-hybridized carbons (Fsp3) is 0. The van der Waals surface area contributed by atoms with Crippen LogP contribution in [0.3, 0.4) is 0 Å². The summed E-state index contributed by atoms with van der Waals surface area (Å²) >= 11 is 0. The summed E-state index contributed by atoms with van der Waals surface area (Å²) in [5.74, 6) is 0. The van der Waals surface area contributed by atoms with Crippen LogP contribution in [-0.2, 0) is 0 Å². The molecule has 11 rings (SSSR count). The zero-order valence-corrected chi connectivity index (χ0v) is 28.0. The lowest BCUT2D eigenvalue weighted by Gasteiger charge is -2.25. The van der Waals surface area contributed by atoms with Crippen LogP contribution in [0.2, 0.25) is 0 Å². The van der Waals surface area contributed by atoms with Crippen LogP contribution < -0.4 is 4.90 Å². The molecule has 8 aromatic carbocycles. The van der Waals surface area contributed by atoms with Crippen molar-refractivity contribution in [2.45, 2.75) is 0 Å². The molecule has 0 spiro atoms. The summed E-state index contributed by atoms with van der Waals surface area (Å²) in [5, 5.41) is 6.94. The second-order valence-corrected chi connectivity index (χ2v) is 13.4. The summed E-state index contributed by atoms with van der Waals surface area (Å²) in [6, 6.07) is 64.3. The van der Waals surface area contributed by atoms with Gasteiger partial charge in [0.25, 0.3) is 0 Å². The largest absolute Gasteiger partial charge is 0.456 e. The highest BCUT2D eigenvalue weighted by Gasteiger charge is 2.18. The lowest BCUT2D eigenvalue weighted by atomic mass is 10.0. The molecule has 244 valence electrons. The summed E-state index contributed by atoms with van der Waals surface area (Å²) < 4.78 is 15.1. The summed E-state index contributed by atoms with van der Waals surface area (Å²) in [7, 11) is 0. The van der Waals surface area contributed by atoms with Gasteiger partial charge in [-0.15, -0.1) is 0 Å². The van der Waals surface area contributed by atoms with E-state index in [1.54, 1.807) is 0 Å². The molecule has 0 bridgehead atoms. The highest BCUT2D eigenvalue weighted by Crippen LogP contribution is 2.42. The van der Waals surface area contributed by atoms with Crippen LogP contribution in [0, 0.1) is 0 Å². The van der Waals surface area contributed by atoms with Gasteiger partial charge in [0.1, 0.15) is 22.3 Å². The van der Waals surface area contributed by atoms with Gasteiger partial charge < -0.3 is 18.3 Å². The molecule has 0 radical (unpaired) electrons. The minimum absolute atomic E-state index is 0.854. The molecule has 0 aliphatic carbocycles. The molecular weight excluding hydrogens is 637 g/mol. The SMILES string of the molecule is c1ccc(-n2c3ccccc3c3ccc(-c4ccc(N(c5ccc6c(c5)oc5ccccc56)c5ccc6c(c5)oc5ccccc56)cc4)cc32)cc1. The molecule has 11 aromatic rings. The van der Waals surface area contributed by atoms with E-state index in [2.05, 4.69) is 167 Å². The maximum absolute atomic E-state index is 6.35. The molecule has 52 heavy (non-hydrogen) atoms. The molecule has 3 heterocycles. The van der Waals surface area contributed by atoms with E-state index >= 15 is 0 Å². The normalized spacial score (nSPS) is 11.8. The molecule has 0 saturated carbocycles. The summed E-state index contributed by atoms with van der Waals surface area (Å²) in [6.07, 6.45) is 0. The Kier molecular flexibility index (Phi) is 6.22. The zero-order chi connectivity index (χ0) is 34.2. The van der Waals surface area contributed by atoms with Gasteiger partial charge in [-0.1, -0.05) is 97.1 Å². The monoisotopic (exact) mass is 666 g/mol. The lowest BCUT2D eigenvalue weighted by Crippen LogP contribution is -2.09. The highest BCUT2D eigenvalue weighted by molar-refractivity contribution is 6.11. The Hall–Kier alpha value is -7.04. The van der Waals surface area contributed by atoms with E-state index in [9.17, 15) is 0 Å².